The van der Waals surface area contributed by atoms with E-state index in [1.165, 1.54) is 0 Å². The Labute approximate surface area is 133 Å². The maximum absolute atomic E-state index is 12.0. The van der Waals surface area contributed by atoms with Gasteiger partial charge in [-0.2, -0.15) is 5.10 Å². The first-order valence-electron chi connectivity index (χ1n) is 6.83. The zero-order valence-electron chi connectivity index (χ0n) is 12.1. The predicted octanol–water partition coefficient (Wildman–Crippen LogP) is 3.19. The standard InChI is InChI=1S/C16H18BrN3O/c1-3-14-11-15(20(2)19-14)16(21)18-10-4-5-12-6-8-13(17)9-7-12/h4-9,11H,3,10H2,1-2H3,(H,18,21)/b5-4+. The molecule has 5 heteroatoms. The molecule has 0 saturated carbocycles. The fourth-order valence-corrected chi connectivity index (χ4v) is 2.19. The summed E-state index contributed by atoms with van der Waals surface area (Å²) in [5.41, 5.74) is 2.61. The van der Waals surface area contributed by atoms with E-state index in [1.807, 2.05) is 49.4 Å². The molecule has 0 fully saturated rings. The second kappa shape index (κ2) is 7.22. The lowest BCUT2D eigenvalue weighted by molar-refractivity contribution is 0.0948. The number of aryl methyl sites for hydroxylation is 2. The molecule has 0 atom stereocenters. The Morgan fingerprint density at radius 3 is 2.71 bits per heavy atom. The van der Waals surface area contributed by atoms with E-state index in [2.05, 4.69) is 26.3 Å². The monoisotopic (exact) mass is 347 g/mol. The molecule has 110 valence electrons. The molecule has 1 aromatic carbocycles. The number of amides is 1. The molecule has 2 rings (SSSR count). The van der Waals surface area contributed by atoms with Crippen LogP contribution in [0.15, 0.2) is 40.9 Å². The summed E-state index contributed by atoms with van der Waals surface area (Å²) in [6, 6.07) is 9.82. The minimum atomic E-state index is -0.106. The van der Waals surface area contributed by atoms with Crippen LogP contribution < -0.4 is 5.32 Å². The second-order valence-electron chi connectivity index (χ2n) is 4.66. The molecule has 0 aliphatic rings. The molecular weight excluding hydrogens is 330 g/mol. The van der Waals surface area contributed by atoms with E-state index in [0.29, 0.717) is 12.2 Å². The van der Waals surface area contributed by atoms with Gasteiger partial charge in [0.05, 0.1) is 5.69 Å². The average molecular weight is 348 g/mol. The number of benzene rings is 1. The minimum absolute atomic E-state index is 0.106. The summed E-state index contributed by atoms with van der Waals surface area (Å²) in [6.45, 7) is 2.51. The Bertz CT molecular complexity index is 644. The van der Waals surface area contributed by atoms with Gasteiger partial charge in [-0.3, -0.25) is 9.48 Å². The molecular formula is C16H18BrN3O. The first-order chi connectivity index (χ1) is 10.1. The molecule has 4 nitrogen and oxygen atoms in total. The van der Waals surface area contributed by atoms with E-state index in [-0.39, 0.29) is 5.91 Å². The molecule has 0 radical (unpaired) electrons. The summed E-state index contributed by atoms with van der Waals surface area (Å²) < 4.78 is 2.67. The van der Waals surface area contributed by atoms with Gasteiger partial charge in [0, 0.05) is 18.1 Å². The van der Waals surface area contributed by atoms with Gasteiger partial charge in [0.1, 0.15) is 5.69 Å². The van der Waals surface area contributed by atoms with E-state index in [4.69, 9.17) is 0 Å². The van der Waals surface area contributed by atoms with Gasteiger partial charge in [0.25, 0.3) is 5.91 Å². The first-order valence-corrected chi connectivity index (χ1v) is 7.62. The van der Waals surface area contributed by atoms with Crippen molar-refractivity contribution in [3.05, 3.63) is 57.8 Å². The third-order valence-electron chi connectivity index (χ3n) is 3.09. The molecule has 2 aromatic rings. The Morgan fingerprint density at radius 2 is 2.10 bits per heavy atom. The van der Waals surface area contributed by atoms with E-state index < -0.39 is 0 Å². The zero-order valence-corrected chi connectivity index (χ0v) is 13.7. The van der Waals surface area contributed by atoms with Crippen molar-refractivity contribution in [2.24, 2.45) is 7.05 Å². The number of aromatic nitrogens is 2. The van der Waals surface area contributed by atoms with Crippen molar-refractivity contribution < 1.29 is 4.79 Å². The Balaban J connectivity index is 1.89. The molecule has 0 saturated heterocycles. The van der Waals surface area contributed by atoms with Crippen LogP contribution in [0.25, 0.3) is 6.08 Å². The summed E-state index contributed by atoms with van der Waals surface area (Å²) in [5.74, 6) is -0.106. The van der Waals surface area contributed by atoms with E-state index in [0.717, 1.165) is 22.2 Å². The second-order valence-corrected chi connectivity index (χ2v) is 5.58. The number of hydrogen-bond acceptors (Lipinski definition) is 2. The third kappa shape index (κ3) is 4.29. The third-order valence-corrected chi connectivity index (χ3v) is 3.61. The highest BCUT2D eigenvalue weighted by Crippen LogP contribution is 2.11. The maximum Gasteiger partial charge on any atom is 0.269 e. The molecule has 0 spiro atoms. The fourth-order valence-electron chi connectivity index (χ4n) is 1.92. The molecule has 0 aliphatic carbocycles. The summed E-state index contributed by atoms with van der Waals surface area (Å²) in [7, 11) is 1.78. The maximum atomic E-state index is 12.0. The smallest absolute Gasteiger partial charge is 0.269 e. The summed E-state index contributed by atoms with van der Waals surface area (Å²) in [4.78, 5) is 12.0. The highest BCUT2D eigenvalue weighted by Gasteiger charge is 2.11. The molecule has 0 unspecified atom stereocenters. The molecule has 1 N–H and O–H groups in total. The topological polar surface area (TPSA) is 46.9 Å². The zero-order chi connectivity index (χ0) is 15.2. The van der Waals surface area contributed by atoms with Crippen LogP contribution in [0.4, 0.5) is 0 Å². The lowest BCUT2D eigenvalue weighted by atomic mass is 10.2. The van der Waals surface area contributed by atoms with E-state index in [1.54, 1.807) is 11.7 Å². The van der Waals surface area contributed by atoms with Gasteiger partial charge in [-0.25, -0.2) is 0 Å². The number of carbonyl (C=O) groups excluding carboxylic acids is 1. The van der Waals surface area contributed by atoms with Crippen LogP contribution in [0.3, 0.4) is 0 Å². The van der Waals surface area contributed by atoms with Crippen LogP contribution >= 0.6 is 15.9 Å². The van der Waals surface area contributed by atoms with Crippen LogP contribution in [-0.2, 0) is 13.5 Å². The van der Waals surface area contributed by atoms with Gasteiger partial charge in [-0.1, -0.05) is 47.1 Å². The summed E-state index contributed by atoms with van der Waals surface area (Å²) in [5, 5.41) is 7.13. The molecule has 1 amide bonds. The van der Waals surface area contributed by atoms with Gasteiger partial charge in [-0.05, 0) is 30.2 Å². The Hall–Kier alpha value is -1.88. The highest BCUT2D eigenvalue weighted by molar-refractivity contribution is 9.10. The fraction of sp³-hybridized carbons (Fsp3) is 0.250. The predicted molar refractivity (Wildman–Crippen MR) is 88.1 cm³/mol. The number of rotatable bonds is 5. The van der Waals surface area contributed by atoms with Crippen molar-refractivity contribution >= 4 is 27.9 Å². The van der Waals surface area contributed by atoms with Crippen LogP contribution in [0.1, 0.15) is 28.7 Å². The van der Waals surface area contributed by atoms with Crippen molar-refractivity contribution in [2.45, 2.75) is 13.3 Å². The van der Waals surface area contributed by atoms with Crippen molar-refractivity contribution in [3.8, 4) is 0 Å². The molecule has 1 aromatic heterocycles. The normalized spacial score (nSPS) is 11.0. The number of nitrogens with one attached hydrogen (secondary N) is 1. The van der Waals surface area contributed by atoms with Gasteiger partial charge in [-0.15, -0.1) is 0 Å². The number of carbonyl (C=O) groups is 1. The summed E-state index contributed by atoms with van der Waals surface area (Å²) >= 11 is 3.40. The van der Waals surface area contributed by atoms with Crippen LogP contribution in [0, 0.1) is 0 Å². The largest absolute Gasteiger partial charge is 0.347 e. The summed E-state index contributed by atoms with van der Waals surface area (Å²) in [6.07, 6.45) is 4.73. The number of halogens is 1. The van der Waals surface area contributed by atoms with Crippen molar-refractivity contribution in [1.29, 1.82) is 0 Å². The molecule has 21 heavy (non-hydrogen) atoms. The number of nitrogens with zero attached hydrogens (tertiary/aromatic N) is 2. The minimum Gasteiger partial charge on any atom is -0.347 e. The molecule has 0 bridgehead atoms. The van der Waals surface area contributed by atoms with Crippen LogP contribution in [-0.4, -0.2) is 22.2 Å². The van der Waals surface area contributed by atoms with E-state index in [9.17, 15) is 4.79 Å². The van der Waals surface area contributed by atoms with Crippen LogP contribution in [0.2, 0.25) is 0 Å². The average Bonchev–Trinajstić information content (AvgIpc) is 2.86. The van der Waals surface area contributed by atoms with Crippen molar-refractivity contribution in [3.63, 3.8) is 0 Å². The van der Waals surface area contributed by atoms with Gasteiger partial charge < -0.3 is 5.32 Å². The van der Waals surface area contributed by atoms with Gasteiger partial charge >= 0.3 is 0 Å². The lowest BCUT2D eigenvalue weighted by Gasteiger charge is -2.02. The molecule has 1 heterocycles. The van der Waals surface area contributed by atoms with Gasteiger partial charge in [0.2, 0.25) is 0 Å². The van der Waals surface area contributed by atoms with Crippen molar-refractivity contribution in [1.82, 2.24) is 15.1 Å². The lowest BCUT2D eigenvalue weighted by Crippen LogP contribution is -2.25. The van der Waals surface area contributed by atoms with Gasteiger partial charge in [0.15, 0.2) is 0 Å². The molecule has 0 aliphatic heterocycles. The Kier molecular flexibility index (Phi) is 5.33. The first kappa shape index (κ1) is 15.5. The SMILES string of the molecule is CCc1cc(C(=O)NC/C=C/c2ccc(Br)cc2)n(C)n1. The number of hydrogen-bond donors (Lipinski definition) is 1. The highest BCUT2D eigenvalue weighted by atomic mass is 79.9. The van der Waals surface area contributed by atoms with Crippen LogP contribution in [0.5, 0.6) is 0 Å². The Morgan fingerprint density at radius 1 is 1.38 bits per heavy atom. The van der Waals surface area contributed by atoms with E-state index >= 15 is 0 Å². The van der Waals surface area contributed by atoms with Crippen molar-refractivity contribution in [2.75, 3.05) is 6.54 Å². The quantitative estimate of drug-likeness (QED) is 0.902.